The summed E-state index contributed by atoms with van der Waals surface area (Å²) in [6, 6.07) is 7.25. The fourth-order valence-corrected chi connectivity index (χ4v) is 3.05. The number of halogens is 2. The van der Waals surface area contributed by atoms with E-state index in [1.165, 1.54) is 0 Å². The molecule has 1 fully saturated rings. The van der Waals surface area contributed by atoms with Gasteiger partial charge in [0.05, 0.1) is 0 Å². The first kappa shape index (κ1) is 24.5. The minimum Gasteiger partial charge on any atom is -0.356 e. The number of guanidine groups is 1. The first-order valence-electron chi connectivity index (χ1n) is 9.32. The molecule has 1 aliphatic rings. The molecule has 1 aliphatic heterocycles. The van der Waals surface area contributed by atoms with Crippen LogP contribution >= 0.6 is 35.6 Å². The Hall–Kier alpha value is -1.55. The molecule has 1 saturated heterocycles. The molecule has 0 spiro atoms. The molecule has 28 heavy (non-hydrogen) atoms. The van der Waals surface area contributed by atoms with Crippen molar-refractivity contribution >= 4 is 59.0 Å². The second-order valence-corrected chi connectivity index (χ2v) is 6.92. The molecular formula is C19H29ClIN5O2. The maximum Gasteiger partial charge on any atom is 0.224 e. The standard InChI is InChI=1S/C19H28ClN5O2.HI/c1-3-18(27)25-12-10-16(13-25)24-19(21-2)22-11-4-5-17(26)23-15-8-6-14(20)7-9-15;/h6-9,16H,3-5,10-13H2,1-2H3,(H,23,26)(H2,21,22,24);1H. The molecule has 2 rings (SSSR count). The lowest BCUT2D eigenvalue weighted by atomic mass is 10.2. The number of hydrogen-bond donors (Lipinski definition) is 3. The molecule has 0 saturated carbocycles. The SMILES string of the molecule is CCC(=O)N1CCC(NC(=NC)NCCCC(=O)Nc2ccc(Cl)cc2)C1.I. The van der Waals surface area contributed by atoms with Crippen LogP contribution in [0, 0.1) is 0 Å². The van der Waals surface area contributed by atoms with Crippen LogP contribution in [-0.2, 0) is 9.59 Å². The topological polar surface area (TPSA) is 85.8 Å². The maximum absolute atomic E-state index is 12.0. The van der Waals surface area contributed by atoms with Gasteiger partial charge in [0, 0.05) is 56.3 Å². The summed E-state index contributed by atoms with van der Waals surface area (Å²) in [6.07, 6.45) is 2.55. The highest BCUT2D eigenvalue weighted by Gasteiger charge is 2.25. The van der Waals surface area contributed by atoms with Crippen molar-refractivity contribution in [1.82, 2.24) is 15.5 Å². The predicted molar refractivity (Wildman–Crippen MR) is 125 cm³/mol. The minimum atomic E-state index is -0.0356. The van der Waals surface area contributed by atoms with E-state index in [2.05, 4.69) is 20.9 Å². The zero-order valence-corrected chi connectivity index (χ0v) is 19.4. The molecule has 0 aliphatic carbocycles. The molecule has 9 heteroatoms. The molecule has 156 valence electrons. The molecule has 1 atom stereocenters. The van der Waals surface area contributed by atoms with E-state index in [1.807, 2.05) is 11.8 Å². The van der Waals surface area contributed by atoms with Gasteiger partial charge in [-0.1, -0.05) is 18.5 Å². The first-order chi connectivity index (χ1) is 13.0. The predicted octanol–water partition coefficient (Wildman–Crippen LogP) is 2.85. The van der Waals surface area contributed by atoms with E-state index in [0.717, 1.165) is 18.7 Å². The van der Waals surface area contributed by atoms with Gasteiger partial charge in [0.25, 0.3) is 0 Å². The highest BCUT2D eigenvalue weighted by Crippen LogP contribution is 2.13. The van der Waals surface area contributed by atoms with Crippen molar-refractivity contribution in [2.75, 3.05) is 32.0 Å². The molecule has 2 amide bonds. The summed E-state index contributed by atoms with van der Waals surface area (Å²) in [7, 11) is 1.71. The quantitative estimate of drug-likeness (QED) is 0.223. The van der Waals surface area contributed by atoms with Crippen molar-refractivity contribution in [3.8, 4) is 0 Å². The molecule has 3 N–H and O–H groups in total. The second-order valence-electron chi connectivity index (χ2n) is 6.48. The van der Waals surface area contributed by atoms with Crippen LogP contribution in [0.3, 0.4) is 0 Å². The van der Waals surface area contributed by atoms with Gasteiger partial charge in [0.15, 0.2) is 5.96 Å². The number of amides is 2. The number of nitrogens with one attached hydrogen (secondary N) is 3. The van der Waals surface area contributed by atoms with Gasteiger partial charge >= 0.3 is 0 Å². The zero-order chi connectivity index (χ0) is 19.6. The average molecular weight is 522 g/mol. The van der Waals surface area contributed by atoms with Crippen LogP contribution in [0.1, 0.15) is 32.6 Å². The van der Waals surface area contributed by atoms with Crippen molar-refractivity contribution in [3.63, 3.8) is 0 Å². The summed E-state index contributed by atoms with van der Waals surface area (Å²) in [4.78, 5) is 29.8. The highest BCUT2D eigenvalue weighted by atomic mass is 127. The molecule has 0 bridgehead atoms. The summed E-state index contributed by atoms with van der Waals surface area (Å²) in [5.74, 6) is 0.851. The minimum absolute atomic E-state index is 0. The number of anilines is 1. The Morgan fingerprint density at radius 2 is 2.00 bits per heavy atom. The van der Waals surface area contributed by atoms with Crippen LogP contribution in [-0.4, -0.2) is 55.4 Å². The molecule has 1 heterocycles. The van der Waals surface area contributed by atoms with Crippen LogP contribution in [0.5, 0.6) is 0 Å². The van der Waals surface area contributed by atoms with Crippen LogP contribution in [0.4, 0.5) is 5.69 Å². The third kappa shape index (κ3) is 8.22. The van der Waals surface area contributed by atoms with Crippen LogP contribution in [0.2, 0.25) is 5.02 Å². The van der Waals surface area contributed by atoms with Crippen molar-refractivity contribution in [1.29, 1.82) is 0 Å². The average Bonchev–Trinajstić information content (AvgIpc) is 3.14. The Kier molecular flexibility index (Phi) is 11.2. The Balaban J connectivity index is 0.00000392. The molecule has 1 aromatic carbocycles. The lowest BCUT2D eigenvalue weighted by Crippen LogP contribution is -2.45. The number of nitrogens with zero attached hydrogens (tertiary/aromatic N) is 2. The molecule has 7 nitrogen and oxygen atoms in total. The number of aliphatic imine (C=N–C) groups is 1. The summed E-state index contributed by atoms with van der Waals surface area (Å²) in [6.45, 7) is 4.01. The van der Waals surface area contributed by atoms with Crippen LogP contribution in [0.15, 0.2) is 29.3 Å². The van der Waals surface area contributed by atoms with Crippen molar-refractivity contribution in [3.05, 3.63) is 29.3 Å². The molecule has 1 aromatic rings. The van der Waals surface area contributed by atoms with Gasteiger partial charge in [0.1, 0.15) is 0 Å². The summed E-state index contributed by atoms with van der Waals surface area (Å²) < 4.78 is 0. The van der Waals surface area contributed by atoms with E-state index < -0.39 is 0 Å². The number of rotatable bonds is 7. The first-order valence-corrected chi connectivity index (χ1v) is 9.70. The van der Waals surface area contributed by atoms with E-state index in [9.17, 15) is 9.59 Å². The normalized spacial score (nSPS) is 16.3. The van der Waals surface area contributed by atoms with E-state index >= 15 is 0 Å². The Bertz CT molecular complexity index is 669. The third-order valence-corrected chi connectivity index (χ3v) is 4.66. The van der Waals surface area contributed by atoms with E-state index in [0.29, 0.717) is 43.3 Å². The number of carbonyl (C=O) groups excluding carboxylic acids is 2. The van der Waals surface area contributed by atoms with Crippen molar-refractivity contribution in [2.45, 2.75) is 38.6 Å². The fraction of sp³-hybridized carbons (Fsp3) is 0.526. The maximum atomic E-state index is 12.0. The van der Waals surface area contributed by atoms with E-state index in [-0.39, 0.29) is 41.8 Å². The van der Waals surface area contributed by atoms with E-state index in [1.54, 1.807) is 31.3 Å². The van der Waals surface area contributed by atoms with Gasteiger partial charge in [-0.15, -0.1) is 24.0 Å². The number of likely N-dealkylation sites (tertiary alicyclic amines) is 1. The summed E-state index contributed by atoms with van der Waals surface area (Å²) >= 11 is 5.83. The van der Waals surface area contributed by atoms with Crippen molar-refractivity contribution < 1.29 is 9.59 Å². The number of benzene rings is 1. The van der Waals surface area contributed by atoms with Crippen LogP contribution in [0.25, 0.3) is 0 Å². The fourth-order valence-electron chi connectivity index (χ4n) is 2.93. The van der Waals surface area contributed by atoms with Gasteiger partial charge in [-0.25, -0.2) is 0 Å². The number of carbonyl (C=O) groups is 2. The smallest absolute Gasteiger partial charge is 0.224 e. The lowest BCUT2D eigenvalue weighted by molar-refractivity contribution is -0.129. The van der Waals surface area contributed by atoms with Gasteiger partial charge in [-0.3, -0.25) is 14.6 Å². The van der Waals surface area contributed by atoms with Gasteiger partial charge in [0.2, 0.25) is 11.8 Å². The molecule has 1 unspecified atom stereocenters. The van der Waals surface area contributed by atoms with Gasteiger partial charge < -0.3 is 20.9 Å². The zero-order valence-electron chi connectivity index (χ0n) is 16.3. The Morgan fingerprint density at radius 1 is 1.29 bits per heavy atom. The Labute approximate surface area is 188 Å². The Morgan fingerprint density at radius 3 is 2.64 bits per heavy atom. The van der Waals surface area contributed by atoms with Gasteiger partial charge in [-0.2, -0.15) is 0 Å². The van der Waals surface area contributed by atoms with E-state index in [4.69, 9.17) is 11.6 Å². The molecule has 0 aromatic heterocycles. The molecule has 0 radical (unpaired) electrons. The highest BCUT2D eigenvalue weighted by molar-refractivity contribution is 14.0. The van der Waals surface area contributed by atoms with Crippen molar-refractivity contribution in [2.24, 2.45) is 4.99 Å². The second kappa shape index (κ2) is 12.8. The largest absolute Gasteiger partial charge is 0.356 e. The summed E-state index contributed by atoms with van der Waals surface area (Å²) in [5, 5.41) is 10.0. The summed E-state index contributed by atoms with van der Waals surface area (Å²) in [5.41, 5.74) is 0.738. The number of hydrogen-bond acceptors (Lipinski definition) is 3. The third-order valence-electron chi connectivity index (χ3n) is 4.41. The monoisotopic (exact) mass is 521 g/mol. The molecular weight excluding hydrogens is 493 g/mol. The lowest BCUT2D eigenvalue weighted by Gasteiger charge is -2.18. The van der Waals surface area contributed by atoms with Gasteiger partial charge in [-0.05, 0) is 37.1 Å². The van der Waals surface area contributed by atoms with Crippen LogP contribution < -0.4 is 16.0 Å².